The standard InChI is InChI=1S/C16H18ClN/c1-2-3-4-12-5-7-13(8-6-12)15-11-14(17)9-10-16(15)18/h5-11H,2-4,18H2,1H3. The van der Waals surface area contributed by atoms with Crippen molar-refractivity contribution in [2.45, 2.75) is 26.2 Å². The maximum Gasteiger partial charge on any atom is 0.0413 e. The van der Waals surface area contributed by atoms with Crippen molar-refractivity contribution in [1.29, 1.82) is 0 Å². The van der Waals surface area contributed by atoms with Gasteiger partial charge in [-0.15, -0.1) is 0 Å². The van der Waals surface area contributed by atoms with Crippen LogP contribution in [0.25, 0.3) is 11.1 Å². The first-order valence-corrected chi connectivity index (χ1v) is 6.73. The number of nitrogens with two attached hydrogens (primary N) is 1. The SMILES string of the molecule is CCCCc1ccc(-c2cc(Cl)ccc2N)cc1. The van der Waals surface area contributed by atoms with Gasteiger partial charge in [0, 0.05) is 16.3 Å². The monoisotopic (exact) mass is 259 g/mol. The van der Waals surface area contributed by atoms with Crippen molar-refractivity contribution in [3.63, 3.8) is 0 Å². The number of hydrogen-bond donors (Lipinski definition) is 1. The molecule has 0 aromatic heterocycles. The molecule has 18 heavy (non-hydrogen) atoms. The topological polar surface area (TPSA) is 26.0 Å². The molecule has 0 atom stereocenters. The number of aryl methyl sites for hydroxylation is 1. The minimum Gasteiger partial charge on any atom is -0.398 e. The zero-order chi connectivity index (χ0) is 13.0. The minimum absolute atomic E-state index is 0.717. The first-order valence-electron chi connectivity index (χ1n) is 6.35. The zero-order valence-corrected chi connectivity index (χ0v) is 11.4. The van der Waals surface area contributed by atoms with Gasteiger partial charge in [0.25, 0.3) is 0 Å². The summed E-state index contributed by atoms with van der Waals surface area (Å²) in [5.74, 6) is 0. The second kappa shape index (κ2) is 5.92. The predicted octanol–water partition coefficient (Wildman–Crippen LogP) is 4.93. The van der Waals surface area contributed by atoms with Gasteiger partial charge in [-0.25, -0.2) is 0 Å². The first-order chi connectivity index (χ1) is 8.70. The van der Waals surface area contributed by atoms with Gasteiger partial charge in [0.05, 0.1) is 0 Å². The third kappa shape index (κ3) is 3.05. The second-order valence-corrected chi connectivity index (χ2v) is 4.97. The third-order valence-electron chi connectivity index (χ3n) is 3.10. The molecule has 0 saturated carbocycles. The number of halogens is 1. The molecule has 0 unspecified atom stereocenters. The van der Waals surface area contributed by atoms with E-state index in [-0.39, 0.29) is 0 Å². The van der Waals surface area contributed by atoms with E-state index in [1.807, 2.05) is 18.2 Å². The number of unbranched alkanes of at least 4 members (excludes halogenated alkanes) is 1. The number of hydrogen-bond acceptors (Lipinski definition) is 1. The maximum atomic E-state index is 6.01. The summed E-state index contributed by atoms with van der Waals surface area (Å²) in [4.78, 5) is 0. The summed E-state index contributed by atoms with van der Waals surface area (Å²) in [6.45, 7) is 2.21. The highest BCUT2D eigenvalue weighted by molar-refractivity contribution is 6.31. The van der Waals surface area contributed by atoms with E-state index in [1.165, 1.54) is 18.4 Å². The summed E-state index contributed by atoms with van der Waals surface area (Å²) in [6, 6.07) is 14.2. The summed E-state index contributed by atoms with van der Waals surface area (Å²) in [5.41, 5.74) is 10.2. The predicted molar refractivity (Wildman–Crippen MR) is 79.9 cm³/mol. The summed E-state index contributed by atoms with van der Waals surface area (Å²) in [7, 11) is 0. The molecule has 0 aliphatic rings. The van der Waals surface area contributed by atoms with Crippen molar-refractivity contribution in [2.24, 2.45) is 0 Å². The lowest BCUT2D eigenvalue weighted by atomic mass is 10.0. The summed E-state index contributed by atoms with van der Waals surface area (Å²) >= 11 is 6.01. The van der Waals surface area contributed by atoms with Gasteiger partial charge in [-0.3, -0.25) is 0 Å². The van der Waals surface area contributed by atoms with Crippen LogP contribution in [0.5, 0.6) is 0 Å². The smallest absolute Gasteiger partial charge is 0.0413 e. The summed E-state index contributed by atoms with van der Waals surface area (Å²) in [6.07, 6.45) is 3.60. The van der Waals surface area contributed by atoms with Crippen LogP contribution >= 0.6 is 11.6 Å². The fourth-order valence-corrected chi connectivity index (χ4v) is 2.18. The van der Waals surface area contributed by atoms with Crippen LogP contribution in [0.15, 0.2) is 42.5 Å². The molecular formula is C16H18ClN. The van der Waals surface area contributed by atoms with Crippen LogP contribution in [-0.2, 0) is 6.42 Å². The number of nitrogen functional groups attached to an aromatic ring is 1. The van der Waals surface area contributed by atoms with Crippen LogP contribution in [-0.4, -0.2) is 0 Å². The van der Waals surface area contributed by atoms with Crippen LogP contribution in [0.4, 0.5) is 5.69 Å². The Labute approximate surface area is 114 Å². The van der Waals surface area contributed by atoms with Crippen LogP contribution in [0.1, 0.15) is 25.3 Å². The molecule has 0 bridgehead atoms. The largest absolute Gasteiger partial charge is 0.398 e. The Morgan fingerprint density at radius 2 is 1.78 bits per heavy atom. The Hall–Kier alpha value is -1.47. The van der Waals surface area contributed by atoms with Crippen LogP contribution < -0.4 is 5.73 Å². The minimum atomic E-state index is 0.717. The Morgan fingerprint density at radius 1 is 1.06 bits per heavy atom. The average Bonchev–Trinajstić information content (AvgIpc) is 2.40. The first kappa shape index (κ1) is 13.0. The molecule has 2 aromatic rings. The van der Waals surface area contributed by atoms with Crippen molar-refractivity contribution in [2.75, 3.05) is 5.73 Å². The number of rotatable bonds is 4. The van der Waals surface area contributed by atoms with E-state index in [4.69, 9.17) is 17.3 Å². The van der Waals surface area contributed by atoms with E-state index < -0.39 is 0 Å². The molecule has 0 spiro atoms. The molecule has 2 aromatic carbocycles. The lowest BCUT2D eigenvalue weighted by Gasteiger charge is -2.07. The Bertz CT molecular complexity index is 517. The molecule has 94 valence electrons. The summed E-state index contributed by atoms with van der Waals surface area (Å²) in [5, 5.41) is 0.717. The van der Waals surface area contributed by atoms with Crippen molar-refractivity contribution in [3.05, 3.63) is 53.1 Å². The quantitative estimate of drug-likeness (QED) is 0.774. The molecule has 2 heteroatoms. The average molecular weight is 260 g/mol. The fourth-order valence-electron chi connectivity index (χ4n) is 2.01. The molecule has 0 radical (unpaired) electrons. The van der Waals surface area contributed by atoms with Crippen molar-refractivity contribution in [1.82, 2.24) is 0 Å². The fraction of sp³-hybridized carbons (Fsp3) is 0.250. The Balaban J connectivity index is 2.25. The molecule has 2 rings (SSSR count). The van der Waals surface area contributed by atoms with E-state index in [0.717, 1.165) is 23.2 Å². The van der Waals surface area contributed by atoms with Gasteiger partial charge < -0.3 is 5.73 Å². The van der Waals surface area contributed by atoms with E-state index in [0.29, 0.717) is 5.02 Å². The third-order valence-corrected chi connectivity index (χ3v) is 3.33. The van der Waals surface area contributed by atoms with E-state index in [1.54, 1.807) is 0 Å². The molecular weight excluding hydrogens is 242 g/mol. The lowest BCUT2D eigenvalue weighted by Crippen LogP contribution is -1.90. The van der Waals surface area contributed by atoms with E-state index in [9.17, 15) is 0 Å². The zero-order valence-electron chi connectivity index (χ0n) is 10.6. The second-order valence-electron chi connectivity index (χ2n) is 4.53. The van der Waals surface area contributed by atoms with Gasteiger partial charge in [-0.2, -0.15) is 0 Å². The Kier molecular flexibility index (Phi) is 4.27. The maximum absolute atomic E-state index is 6.01. The number of anilines is 1. The van der Waals surface area contributed by atoms with Gasteiger partial charge in [0.15, 0.2) is 0 Å². The van der Waals surface area contributed by atoms with Crippen molar-refractivity contribution >= 4 is 17.3 Å². The van der Waals surface area contributed by atoms with Crippen molar-refractivity contribution < 1.29 is 0 Å². The van der Waals surface area contributed by atoms with E-state index >= 15 is 0 Å². The highest BCUT2D eigenvalue weighted by Gasteiger charge is 2.03. The van der Waals surface area contributed by atoms with E-state index in [2.05, 4.69) is 31.2 Å². The molecule has 1 nitrogen and oxygen atoms in total. The van der Waals surface area contributed by atoms with Crippen LogP contribution in [0.2, 0.25) is 5.02 Å². The highest BCUT2D eigenvalue weighted by atomic mass is 35.5. The molecule has 0 aliphatic carbocycles. The molecule has 2 N–H and O–H groups in total. The van der Waals surface area contributed by atoms with Gasteiger partial charge in [-0.1, -0.05) is 49.2 Å². The molecule has 0 aliphatic heterocycles. The highest BCUT2D eigenvalue weighted by Crippen LogP contribution is 2.29. The van der Waals surface area contributed by atoms with Crippen molar-refractivity contribution in [3.8, 4) is 11.1 Å². The molecule has 0 saturated heterocycles. The molecule has 0 fully saturated rings. The summed E-state index contributed by atoms with van der Waals surface area (Å²) < 4.78 is 0. The van der Waals surface area contributed by atoms with Gasteiger partial charge in [0.2, 0.25) is 0 Å². The van der Waals surface area contributed by atoms with Gasteiger partial charge >= 0.3 is 0 Å². The number of benzene rings is 2. The normalized spacial score (nSPS) is 10.6. The van der Waals surface area contributed by atoms with Gasteiger partial charge in [0.1, 0.15) is 0 Å². The Morgan fingerprint density at radius 3 is 2.44 bits per heavy atom. The van der Waals surface area contributed by atoms with Crippen LogP contribution in [0, 0.1) is 0 Å². The molecule has 0 heterocycles. The molecule has 0 amide bonds. The van der Waals surface area contributed by atoms with Gasteiger partial charge in [-0.05, 0) is 42.2 Å². The van der Waals surface area contributed by atoms with Crippen LogP contribution in [0.3, 0.4) is 0 Å². The lowest BCUT2D eigenvalue weighted by molar-refractivity contribution is 0.795.